The zero-order valence-corrected chi connectivity index (χ0v) is 13.9. The van der Waals surface area contributed by atoms with Gasteiger partial charge in [-0.3, -0.25) is 0 Å². The maximum Gasteiger partial charge on any atom is 0.123 e. The number of halogens is 2. The molecule has 1 atom stereocenters. The molecule has 1 saturated carbocycles. The van der Waals surface area contributed by atoms with Gasteiger partial charge in [-0.15, -0.1) is 11.6 Å². The summed E-state index contributed by atoms with van der Waals surface area (Å²) >= 11 is 6.95. The summed E-state index contributed by atoms with van der Waals surface area (Å²) in [7, 11) is 0. The van der Waals surface area contributed by atoms with Gasteiger partial charge in [-0.05, 0) is 73.3 Å². The van der Waals surface area contributed by atoms with E-state index in [9.17, 15) is 4.39 Å². The van der Waals surface area contributed by atoms with Crippen LogP contribution in [-0.2, 0) is 0 Å². The van der Waals surface area contributed by atoms with E-state index in [1.165, 1.54) is 25.7 Å². The number of benzene rings is 1. The van der Waals surface area contributed by atoms with E-state index in [-0.39, 0.29) is 16.6 Å². The Morgan fingerprint density at radius 2 is 1.65 bits per heavy atom. The third kappa shape index (κ3) is 3.03. The molecule has 1 aromatic rings. The molecule has 2 rings (SSSR count). The molecule has 0 saturated heterocycles. The summed E-state index contributed by atoms with van der Waals surface area (Å²) in [6.07, 6.45) is 6.12. The minimum Gasteiger partial charge on any atom is -0.207 e. The normalized spacial score (nSPS) is 19.6. The lowest BCUT2D eigenvalue weighted by molar-refractivity contribution is 0.222. The van der Waals surface area contributed by atoms with Crippen LogP contribution in [-0.4, -0.2) is 0 Å². The van der Waals surface area contributed by atoms with E-state index >= 15 is 0 Å². The molecular weight excluding hydrogens is 271 g/mol. The van der Waals surface area contributed by atoms with Crippen molar-refractivity contribution in [2.45, 2.75) is 65.2 Å². The molecule has 0 radical (unpaired) electrons. The van der Waals surface area contributed by atoms with E-state index in [4.69, 9.17) is 11.6 Å². The predicted octanol–water partition coefficient (Wildman–Crippen LogP) is 6.33. The summed E-state index contributed by atoms with van der Waals surface area (Å²) in [5.41, 5.74) is 3.36. The maximum atomic E-state index is 13.5. The van der Waals surface area contributed by atoms with E-state index in [0.29, 0.717) is 5.92 Å². The molecule has 0 spiro atoms. The monoisotopic (exact) mass is 296 g/mol. The van der Waals surface area contributed by atoms with Crippen LogP contribution in [0.4, 0.5) is 4.39 Å². The van der Waals surface area contributed by atoms with Crippen molar-refractivity contribution < 1.29 is 4.39 Å². The molecule has 0 N–H and O–H groups in total. The average molecular weight is 297 g/mol. The van der Waals surface area contributed by atoms with Crippen LogP contribution >= 0.6 is 11.6 Å². The molecule has 20 heavy (non-hydrogen) atoms. The van der Waals surface area contributed by atoms with Crippen molar-refractivity contribution in [3.63, 3.8) is 0 Å². The first-order valence-corrected chi connectivity index (χ1v) is 8.20. The van der Waals surface area contributed by atoms with Crippen LogP contribution in [0.15, 0.2) is 12.1 Å². The molecule has 0 bridgehead atoms. The summed E-state index contributed by atoms with van der Waals surface area (Å²) in [5.74, 6) is 0.493. The summed E-state index contributed by atoms with van der Waals surface area (Å²) in [5, 5.41) is 0.00741. The summed E-state index contributed by atoms with van der Waals surface area (Å²) in [6.45, 7) is 8.51. The molecule has 1 aliphatic carbocycles. The molecule has 1 fully saturated rings. The lowest BCUT2D eigenvalue weighted by Crippen LogP contribution is -2.26. The molecule has 2 heteroatoms. The van der Waals surface area contributed by atoms with Gasteiger partial charge in [-0.25, -0.2) is 4.39 Å². The van der Waals surface area contributed by atoms with Crippen LogP contribution in [0.2, 0.25) is 0 Å². The Bertz CT molecular complexity index is 449. The molecule has 0 aromatic heterocycles. The third-order valence-corrected chi connectivity index (χ3v) is 5.44. The lowest BCUT2D eigenvalue weighted by atomic mass is 9.72. The van der Waals surface area contributed by atoms with Crippen molar-refractivity contribution in [2.24, 2.45) is 11.3 Å². The highest BCUT2D eigenvalue weighted by Gasteiger charge is 2.42. The van der Waals surface area contributed by atoms with Gasteiger partial charge in [-0.2, -0.15) is 0 Å². The van der Waals surface area contributed by atoms with Gasteiger partial charge in [-0.1, -0.05) is 26.7 Å². The van der Waals surface area contributed by atoms with Gasteiger partial charge in [0.2, 0.25) is 0 Å². The predicted molar refractivity (Wildman–Crippen MR) is 84.8 cm³/mol. The highest BCUT2D eigenvalue weighted by Crippen LogP contribution is 2.55. The fourth-order valence-corrected chi connectivity index (χ4v) is 4.73. The fraction of sp³-hybridized carbons (Fsp3) is 0.667. The zero-order chi connectivity index (χ0) is 14.9. The van der Waals surface area contributed by atoms with Crippen LogP contribution in [0.5, 0.6) is 0 Å². The molecule has 0 amide bonds. The van der Waals surface area contributed by atoms with Crippen molar-refractivity contribution in [1.82, 2.24) is 0 Å². The fourth-order valence-electron chi connectivity index (χ4n) is 4.08. The van der Waals surface area contributed by atoms with Gasteiger partial charge in [0.1, 0.15) is 5.82 Å². The van der Waals surface area contributed by atoms with Gasteiger partial charge in [0.05, 0.1) is 5.38 Å². The van der Waals surface area contributed by atoms with Gasteiger partial charge < -0.3 is 0 Å². The van der Waals surface area contributed by atoms with Crippen LogP contribution in [0, 0.1) is 31.0 Å². The number of aryl methyl sites for hydroxylation is 2. The Labute approximate surface area is 127 Å². The van der Waals surface area contributed by atoms with E-state index in [1.54, 1.807) is 12.1 Å². The molecule has 1 aromatic carbocycles. The van der Waals surface area contributed by atoms with Crippen molar-refractivity contribution in [2.75, 3.05) is 0 Å². The average Bonchev–Trinajstić information content (AvgIpc) is 2.76. The molecule has 112 valence electrons. The molecular formula is C18H26ClF. The minimum absolute atomic E-state index is 0.00741. The van der Waals surface area contributed by atoms with Crippen molar-refractivity contribution in [3.05, 3.63) is 34.6 Å². The highest BCUT2D eigenvalue weighted by molar-refractivity contribution is 6.21. The summed E-state index contributed by atoms with van der Waals surface area (Å²) < 4.78 is 13.5. The first-order chi connectivity index (χ1) is 9.35. The smallest absolute Gasteiger partial charge is 0.123 e. The van der Waals surface area contributed by atoms with Crippen LogP contribution in [0.3, 0.4) is 0 Å². The Balaban J connectivity index is 2.40. The Morgan fingerprint density at radius 3 is 2.10 bits per heavy atom. The molecule has 1 aliphatic rings. The second-order valence-corrected chi connectivity index (χ2v) is 7.42. The number of hydrogen-bond donors (Lipinski definition) is 0. The number of alkyl halides is 1. The quantitative estimate of drug-likeness (QED) is 0.570. The van der Waals surface area contributed by atoms with E-state index in [0.717, 1.165) is 23.1 Å². The van der Waals surface area contributed by atoms with Crippen molar-refractivity contribution >= 4 is 11.6 Å². The second-order valence-electron chi connectivity index (χ2n) is 6.98. The lowest BCUT2D eigenvalue weighted by Gasteiger charge is -2.37. The highest BCUT2D eigenvalue weighted by atomic mass is 35.5. The van der Waals surface area contributed by atoms with Gasteiger partial charge in [0.15, 0.2) is 0 Å². The first kappa shape index (κ1) is 15.8. The number of rotatable bonds is 4. The number of hydrogen-bond acceptors (Lipinski definition) is 0. The van der Waals surface area contributed by atoms with Crippen LogP contribution < -0.4 is 0 Å². The third-order valence-electron chi connectivity index (χ3n) is 4.76. The summed E-state index contributed by atoms with van der Waals surface area (Å²) in [4.78, 5) is 0. The van der Waals surface area contributed by atoms with E-state index in [1.807, 2.05) is 13.8 Å². The van der Waals surface area contributed by atoms with Gasteiger partial charge in [0, 0.05) is 0 Å². The molecule has 0 aliphatic heterocycles. The van der Waals surface area contributed by atoms with Gasteiger partial charge >= 0.3 is 0 Å². The molecule has 1 unspecified atom stereocenters. The molecule has 0 nitrogen and oxygen atoms in total. The largest absolute Gasteiger partial charge is 0.207 e. The SMILES string of the molecule is Cc1cc(F)cc(C)c1C(Cl)C1(CC(C)C)CCCC1. The van der Waals surface area contributed by atoms with Crippen molar-refractivity contribution in [3.8, 4) is 0 Å². The van der Waals surface area contributed by atoms with Gasteiger partial charge in [0.25, 0.3) is 0 Å². The first-order valence-electron chi connectivity index (χ1n) is 7.76. The Morgan fingerprint density at radius 1 is 1.15 bits per heavy atom. The van der Waals surface area contributed by atoms with Crippen LogP contribution in [0.1, 0.15) is 68.0 Å². The van der Waals surface area contributed by atoms with E-state index < -0.39 is 0 Å². The van der Waals surface area contributed by atoms with Crippen LogP contribution in [0.25, 0.3) is 0 Å². The maximum absolute atomic E-state index is 13.5. The topological polar surface area (TPSA) is 0 Å². The summed E-state index contributed by atoms with van der Waals surface area (Å²) in [6, 6.07) is 3.24. The van der Waals surface area contributed by atoms with E-state index in [2.05, 4.69) is 13.8 Å². The van der Waals surface area contributed by atoms with Crippen molar-refractivity contribution in [1.29, 1.82) is 0 Å². The minimum atomic E-state index is -0.156. The Hall–Kier alpha value is -0.560. The Kier molecular flexibility index (Phi) is 4.79. The standard InChI is InChI=1S/C18H26ClF/c1-12(2)11-18(7-5-6-8-18)17(19)16-13(3)9-15(20)10-14(16)4/h9-10,12,17H,5-8,11H2,1-4H3. The zero-order valence-electron chi connectivity index (χ0n) is 13.1. The molecule has 0 heterocycles. The second kappa shape index (κ2) is 6.05.